The van der Waals surface area contributed by atoms with Crippen molar-refractivity contribution in [3.8, 4) is 0 Å². The van der Waals surface area contributed by atoms with Crippen LogP contribution in [0.2, 0.25) is 0 Å². The zero-order valence-corrected chi connectivity index (χ0v) is 9.20. The van der Waals surface area contributed by atoms with Crippen molar-refractivity contribution in [1.82, 2.24) is 10.2 Å². The largest absolute Gasteiger partial charge is 0.374 e. The lowest BCUT2D eigenvalue weighted by molar-refractivity contribution is 0.121. The maximum Gasteiger partial charge on any atom is 0.143 e. The van der Waals surface area contributed by atoms with Crippen molar-refractivity contribution in [2.75, 3.05) is 12.5 Å². The van der Waals surface area contributed by atoms with Crippen molar-refractivity contribution in [2.24, 2.45) is 0 Å². The number of hydrogen-bond acceptors (Lipinski definition) is 4. The number of nitrogens with zero attached hydrogens (tertiary/aromatic N) is 2. The number of hydrogen-bond donors (Lipinski definition) is 0. The molecule has 1 heterocycles. The number of ether oxygens (including phenoxy) is 1. The Morgan fingerprint density at radius 1 is 1.38 bits per heavy atom. The Labute approximate surface area is 87.1 Å². The van der Waals surface area contributed by atoms with Gasteiger partial charge in [-0.3, -0.25) is 0 Å². The van der Waals surface area contributed by atoms with Gasteiger partial charge in [0.15, 0.2) is 0 Å². The summed E-state index contributed by atoms with van der Waals surface area (Å²) in [5, 5.41) is 9.91. The van der Waals surface area contributed by atoms with E-state index in [4.69, 9.17) is 16.3 Å². The summed E-state index contributed by atoms with van der Waals surface area (Å²) >= 11 is 7.16. The van der Waals surface area contributed by atoms with E-state index in [0.29, 0.717) is 12.5 Å². The number of rotatable bonds is 6. The summed E-state index contributed by atoms with van der Waals surface area (Å²) in [5.74, 6) is 0.602. The molecule has 0 radical (unpaired) electrons. The molecule has 0 bridgehead atoms. The van der Waals surface area contributed by atoms with Gasteiger partial charge in [-0.2, -0.15) is 0 Å². The van der Waals surface area contributed by atoms with E-state index in [1.807, 2.05) is 0 Å². The van der Waals surface area contributed by atoms with Gasteiger partial charge in [0.2, 0.25) is 0 Å². The minimum Gasteiger partial charge on any atom is -0.374 e. The molecule has 1 aromatic rings. The molecule has 0 unspecified atom stereocenters. The van der Waals surface area contributed by atoms with Crippen LogP contribution in [0.4, 0.5) is 0 Å². The van der Waals surface area contributed by atoms with Gasteiger partial charge < -0.3 is 4.74 Å². The normalized spacial score (nSPS) is 10.6. The van der Waals surface area contributed by atoms with Gasteiger partial charge >= 0.3 is 0 Å². The number of halogens is 1. The second-order valence-electron chi connectivity index (χ2n) is 2.58. The number of alkyl halides is 1. The fourth-order valence-electron chi connectivity index (χ4n) is 0.832. The lowest BCUT2D eigenvalue weighted by atomic mass is 10.5. The number of aromatic nitrogens is 2. The standard InChI is InChI=1S/C8H13ClN2OS/c1-2-5-12-6-8-11-10-7(13-8)3-4-9/h2-6H2,1H3. The highest BCUT2D eigenvalue weighted by molar-refractivity contribution is 7.11. The molecule has 0 aliphatic rings. The lowest BCUT2D eigenvalue weighted by Gasteiger charge is -1.96. The molecule has 0 aliphatic carbocycles. The third kappa shape index (κ3) is 4.02. The van der Waals surface area contributed by atoms with E-state index in [0.717, 1.165) is 29.5 Å². The first-order chi connectivity index (χ1) is 6.36. The topological polar surface area (TPSA) is 35.0 Å². The van der Waals surface area contributed by atoms with Crippen LogP contribution in [0, 0.1) is 0 Å². The second-order valence-corrected chi connectivity index (χ2v) is 4.11. The van der Waals surface area contributed by atoms with Crippen molar-refractivity contribution in [1.29, 1.82) is 0 Å². The summed E-state index contributed by atoms with van der Waals surface area (Å²) in [7, 11) is 0. The fourth-order valence-corrected chi connectivity index (χ4v) is 1.91. The molecular formula is C8H13ClN2OS. The Morgan fingerprint density at radius 3 is 2.85 bits per heavy atom. The molecule has 5 heteroatoms. The molecule has 0 aromatic carbocycles. The Hall–Kier alpha value is -0.190. The molecule has 3 nitrogen and oxygen atoms in total. The smallest absolute Gasteiger partial charge is 0.143 e. The van der Waals surface area contributed by atoms with Gasteiger partial charge in [-0.15, -0.1) is 21.8 Å². The van der Waals surface area contributed by atoms with E-state index in [1.54, 1.807) is 11.3 Å². The van der Waals surface area contributed by atoms with E-state index in [1.165, 1.54) is 0 Å². The van der Waals surface area contributed by atoms with Crippen LogP contribution in [-0.4, -0.2) is 22.7 Å². The summed E-state index contributed by atoms with van der Waals surface area (Å²) in [6, 6.07) is 0. The van der Waals surface area contributed by atoms with E-state index in [-0.39, 0.29) is 0 Å². The zero-order chi connectivity index (χ0) is 9.52. The predicted octanol–water partition coefficient (Wildman–Crippen LogP) is 2.25. The summed E-state index contributed by atoms with van der Waals surface area (Å²) in [6.07, 6.45) is 1.83. The summed E-state index contributed by atoms with van der Waals surface area (Å²) in [4.78, 5) is 0. The molecule has 0 saturated carbocycles. The predicted molar refractivity (Wildman–Crippen MR) is 54.3 cm³/mol. The van der Waals surface area contributed by atoms with E-state index < -0.39 is 0 Å². The lowest BCUT2D eigenvalue weighted by Crippen LogP contribution is -1.92. The molecule has 0 saturated heterocycles. The Morgan fingerprint density at radius 2 is 2.15 bits per heavy atom. The summed E-state index contributed by atoms with van der Waals surface area (Å²) < 4.78 is 5.34. The second kappa shape index (κ2) is 6.29. The maximum absolute atomic E-state index is 5.58. The van der Waals surface area contributed by atoms with Crippen molar-refractivity contribution < 1.29 is 4.74 Å². The van der Waals surface area contributed by atoms with Crippen molar-refractivity contribution in [2.45, 2.75) is 26.4 Å². The average molecular weight is 221 g/mol. The SMILES string of the molecule is CCCOCc1nnc(CCCl)s1. The highest BCUT2D eigenvalue weighted by Crippen LogP contribution is 2.11. The molecule has 1 rings (SSSR count). The zero-order valence-electron chi connectivity index (χ0n) is 7.62. The molecular weight excluding hydrogens is 208 g/mol. The average Bonchev–Trinajstić information content (AvgIpc) is 2.54. The van der Waals surface area contributed by atoms with Crippen LogP contribution >= 0.6 is 22.9 Å². The Balaban J connectivity index is 2.31. The maximum atomic E-state index is 5.58. The first-order valence-corrected chi connectivity index (χ1v) is 5.67. The minimum atomic E-state index is 0.577. The molecule has 74 valence electrons. The van der Waals surface area contributed by atoms with Gasteiger partial charge in [0.1, 0.15) is 16.6 Å². The van der Waals surface area contributed by atoms with E-state index in [2.05, 4.69) is 17.1 Å². The molecule has 0 aliphatic heterocycles. The summed E-state index contributed by atoms with van der Waals surface area (Å²) in [6.45, 7) is 3.44. The monoisotopic (exact) mass is 220 g/mol. The van der Waals surface area contributed by atoms with Crippen LogP contribution in [0.1, 0.15) is 23.4 Å². The van der Waals surface area contributed by atoms with Gasteiger partial charge in [-0.1, -0.05) is 18.3 Å². The molecule has 1 aromatic heterocycles. The van der Waals surface area contributed by atoms with Gasteiger partial charge in [0, 0.05) is 18.9 Å². The van der Waals surface area contributed by atoms with Gasteiger partial charge in [-0.25, -0.2) is 0 Å². The Kier molecular flexibility index (Phi) is 5.27. The third-order valence-electron chi connectivity index (χ3n) is 1.39. The van der Waals surface area contributed by atoms with Crippen LogP contribution in [0.5, 0.6) is 0 Å². The molecule has 0 fully saturated rings. The van der Waals surface area contributed by atoms with Crippen molar-refractivity contribution in [3.63, 3.8) is 0 Å². The van der Waals surface area contributed by atoms with Crippen molar-refractivity contribution in [3.05, 3.63) is 10.0 Å². The van der Waals surface area contributed by atoms with E-state index in [9.17, 15) is 0 Å². The molecule has 0 atom stereocenters. The highest BCUT2D eigenvalue weighted by Gasteiger charge is 2.02. The quantitative estimate of drug-likeness (QED) is 0.545. The molecule has 13 heavy (non-hydrogen) atoms. The van der Waals surface area contributed by atoms with Gasteiger partial charge in [0.25, 0.3) is 0 Å². The fraction of sp³-hybridized carbons (Fsp3) is 0.750. The van der Waals surface area contributed by atoms with Crippen LogP contribution in [0.15, 0.2) is 0 Å². The van der Waals surface area contributed by atoms with Crippen LogP contribution in [0.3, 0.4) is 0 Å². The van der Waals surface area contributed by atoms with Crippen LogP contribution in [-0.2, 0) is 17.8 Å². The van der Waals surface area contributed by atoms with Crippen LogP contribution in [0.25, 0.3) is 0 Å². The molecule has 0 N–H and O–H groups in total. The van der Waals surface area contributed by atoms with Gasteiger partial charge in [-0.05, 0) is 6.42 Å². The first kappa shape index (κ1) is 10.9. The molecule has 0 amide bonds. The third-order valence-corrected chi connectivity index (χ3v) is 2.54. The van der Waals surface area contributed by atoms with Crippen molar-refractivity contribution >= 4 is 22.9 Å². The van der Waals surface area contributed by atoms with Crippen LogP contribution < -0.4 is 0 Å². The highest BCUT2D eigenvalue weighted by atomic mass is 35.5. The minimum absolute atomic E-state index is 0.577. The number of aryl methyl sites for hydroxylation is 1. The first-order valence-electron chi connectivity index (χ1n) is 4.31. The summed E-state index contributed by atoms with van der Waals surface area (Å²) in [5.41, 5.74) is 0. The van der Waals surface area contributed by atoms with E-state index >= 15 is 0 Å². The Bertz CT molecular complexity index is 242. The molecule has 0 spiro atoms. The van der Waals surface area contributed by atoms with Gasteiger partial charge in [0.05, 0.1) is 0 Å².